The smallest absolute Gasteiger partial charge is 0.137 e. The lowest BCUT2D eigenvalue weighted by Gasteiger charge is -2.13. The molecule has 1 aromatic heterocycles. The molecule has 0 spiro atoms. The van der Waals surface area contributed by atoms with Crippen LogP contribution in [0.4, 0.5) is 0 Å². The van der Waals surface area contributed by atoms with Crippen LogP contribution in [0.3, 0.4) is 0 Å². The molecular formula is C10H15NO2S. The Morgan fingerprint density at radius 1 is 1.43 bits per heavy atom. The quantitative estimate of drug-likeness (QED) is 0.776. The Morgan fingerprint density at radius 2 is 2.14 bits per heavy atom. The fourth-order valence-electron chi connectivity index (χ4n) is 0.846. The SMILES string of the molecule is COc1ccc(SC(C)C(C)O)nc1. The highest BCUT2D eigenvalue weighted by Crippen LogP contribution is 2.24. The average Bonchev–Trinajstić information content (AvgIpc) is 2.19. The molecule has 0 aliphatic rings. The van der Waals surface area contributed by atoms with Gasteiger partial charge in [0.05, 0.1) is 24.4 Å². The van der Waals surface area contributed by atoms with Crippen molar-refractivity contribution in [2.45, 2.75) is 30.2 Å². The first-order valence-corrected chi connectivity index (χ1v) is 5.36. The summed E-state index contributed by atoms with van der Waals surface area (Å²) in [5.41, 5.74) is 0. The molecule has 1 N–H and O–H groups in total. The number of nitrogens with zero attached hydrogens (tertiary/aromatic N) is 1. The van der Waals surface area contributed by atoms with Gasteiger partial charge in [0.15, 0.2) is 0 Å². The summed E-state index contributed by atoms with van der Waals surface area (Å²) in [5.74, 6) is 0.749. The van der Waals surface area contributed by atoms with Gasteiger partial charge < -0.3 is 9.84 Å². The first kappa shape index (κ1) is 11.3. The third-order valence-corrected chi connectivity index (χ3v) is 3.18. The van der Waals surface area contributed by atoms with E-state index in [1.54, 1.807) is 32.0 Å². The lowest BCUT2D eigenvalue weighted by Crippen LogP contribution is -2.15. The Morgan fingerprint density at radius 3 is 2.57 bits per heavy atom. The summed E-state index contributed by atoms with van der Waals surface area (Å²) < 4.78 is 5.00. The summed E-state index contributed by atoms with van der Waals surface area (Å²) in [6.07, 6.45) is 1.35. The van der Waals surface area contributed by atoms with E-state index < -0.39 is 0 Å². The second-order valence-electron chi connectivity index (χ2n) is 3.10. The molecule has 0 aliphatic carbocycles. The van der Waals surface area contributed by atoms with Crippen LogP contribution in [0.1, 0.15) is 13.8 Å². The number of methoxy groups -OCH3 is 1. The number of thioether (sulfide) groups is 1. The maximum atomic E-state index is 9.31. The number of hydrogen-bond donors (Lipinski definition) is 1. The van der Waals surface area contributed by atoms with E-state index in [4.69, 9.17) is 4.74 Å². The van der Waals surface area contributed by atoms with E-state index in [0.29, 0.717) is 0 Å². The van der Waals surface area contributed by atoms with Crippen LogP contribution in [0.25, 0.3) is 0 Å². The Balaban J connectivity index is 2.59. The van der Waals surface area contributed by atoms with Crippen LogP contribution >= 0.6 is 11.8 Å². The minimum atomic E-state index is -0.330. The van der Waals surface area contributed by atoms with Crippen LogP contribution in [-0.4, -0.2) is 28.6 Å². The fraction of sp³-hybridized carbons (Fsp3) is 0.500. The third-order valence-electron chi connectivity index (χ3n) is 1.93. The first-order chi connectivity index (χ1) is 6.63. The van der Waals surface area contributed by atoms with Crippen LogP contribution < -0.4 is 4.74 Å². The van der Waals surface area contributed by atoms with Gasteiger partial charge in [-0.1, -0.05) is 6.92 Å². The molecule has 0 saturated carbocycles. The van der Waals surface area contributed by atoms with Gasteiger partial charge in [0.25, 0.3) is 0 Å². The zero-order valence-corrected chi connectivity index (χ0v) is 9.41. The van der Waals surface area contributed by atoms with Crippen molar-refractivity contribution in [3.8, 4) is 5.75 Å². The molecule has 1 rings (SSSR count). The van der Waals surface area contributed by atoms with Crippen LogP contribution in [0, 0.1) is 0 Å². The summed E-state index contributed by atoms with van der Waals surface area (Å²) in [7, 11) is 1.61. The summed E-state index contributed by atoms with van der Waals surface area (Å²) in [6.45, 7) is 3.75. The Labute approximate surface area is 88.5 Å². The van der Waals surface area contributed by atoms with Crippen LogP contribution in [-0.2, 0) is 0 Å². The maximum absolute atomic E-state index is 9.31. The number of aromatic nitrogens is 1. The molecule has 2 atom stereocenters. The van der Waals surface area contributed by atoms with E-state index in [1.807, 2.05) is 19.1 Å². The normalized spacial score (nSPS) is 14.9. The van der Waals surface area contributed by atoms with Gasteiger partial charge in [0.2, 0.25) is 0 Å². The summed E-state index contributed by atoms with van der Waals surface area (Å²) in [6, 6.07) is 3.76. The van der Waals surface area contributed by atoms with Crippen molar-refractivity contribution in [2.24, 2.45) is 0 Å². The minimum absolute atomic E-state index is 0.149. The van der Waals surface area contributed by atoms with Crippen LogP contribution in [0.15, 0.2) is 23.4 Å². The van der Waals surface area contributed by atoms with Gasteiger partial charge in [0, 0.05) is 5.25 Å². The van der Waals surface area contributed by atoms with Gasteiger partial charge in [0.1, 0.15) is 5.75 Å². The Hall–Kier alpha value is -0.740. The lowest BCUT2D eigenvalue weighted by atomic mass is 10.3. The third kappa shape index (κ3) is 3.20. The van der Waals surface area contributed by atoms with Crippen molar-refractivity contribution >= 4 is 11.8 Å². The van der Waals surface area contributed by atoms with Crippen molar-refractivity contribution in [1.29, 1.82) is 0 Å². The van der Waals surface area contributed by atoms with Crippen LogP contribution in [0.5, 0.6) is 5.75 Å². The molecule has 1 aromatic rings. The van der Waals surface area contributed by atoms with Crippen LogP contribution in [0.2, 0.25) is 0 Å². The van der Waals surface area contributed by atoms with Gasteiger partial charge in [-0.2, -0.15) is 0 Å². The molecule has 0 radical (unpaired) electrons. The van der Waals surface area contributed by atoms with Gasteiger partial charge in [-0.15, -0.1) is 11.8 Å². The molecule has 0 aromatic carbocycles. The molecule has 14 heavy (non-hydrogen) atoms. The van der Waals surface area contributed by atoms with E-state index in [1.165, 1.54) is 0 Å². The van der Waals surface area contributed by atoms with Gasteiger partial charge in [-0.05, 0) is 19.1 Å². The molecule has 0 bridgehead atoms. The maximum Gasteiger partial charge on any atom is 0.137 e. The Bertz CT molecular complexity index is 274. The number of aliphatic hydroxyl groups is 1. The number of ether oxygens (including phenoxy) is 1. The molecule has 0 saturated heterocycles. The molecule has 1 heterocycles. The van der Waals surface area contributed by atoms with Crippen molar-refractivity contribution < 1.29 is 9.84 Å². The van der Waals surface area contributed by atoms with E-state index in [2.05, 4.69) is 4.98 Å². The lowest BCUT2D eigenvalue weighted by molar-refractivity contribution is 0.196. The first-order valence-electron chi connectivity index (χ1n) is 4.48. The van der Waals surface area contributed by atoms with Crippen molar-refractivity contribution in [3.05, 3.63) is 18.3 Å². The number of rotatable bonds is 4. The molecule has 4 heteroatoms. The molecule has 0 amide bonds. The highest BCUT2D eigenvalue weighted by molar-refractivity contribution is 7.99. The fourth-order valence-corrected chi connectivity index (χ4v) is 1.68. The largest absolute Gasteiger partial charge is 0.495 e. The highest BCUT2D eigenvalue weighted by atomic mass is 32.2. The zero-order valence-electron chi connectivity index (χ0n) is 8.60. The molecule has 78 valence electrons. The number of aliphatic hydroxyl groups excluding tert-OH is 1. The zero-order chi connectivity index (χ0) is 10.6. The number of pyridine rings is 1. The molecule has 0 aliphatic heterocycles. The molecule has 2 unspecified atom stereocenters. The second kappa shape index (κ2) is 5.22. The van der Waals surface area contributed by atoms with Gasteiger partial charge in [-0.25, -0.2) is 4.98 Å². The summed E-state index contributed by atoms with van der Waals surface area (Å²) in [5, 5.41) is 10.4. The summed E-state index contributed by atoms with van der Waals surface area (Å²) >= 11 is 1.55. The van der Waals surface area contributed by atoms with Crippen molar-refractivity contribution in [2.75, 3.05) is 7.11 Å². The van der Waals surface area contributed by atoms with Gasteiger partial charge in [-0.3, -0.25) is 0 Å². The Kier molecular flexibility index (Phi) is 4.22. The standard InChI is InChI=1S/C10H15NO2S/c1-7(12)8(2)14-10-5-4-9(13-3)6-11-10/h4-8,12H,1-3H3. The highest BCUT2D eigenvalue weighted by Gasteiger charge is 2.10. The molecular weight excluding hydrogens is 198 g/mol. The van der Waals surface area contributed by atoms with E-state index in [9.17, 15) is 5.11 Å². The predicted octanol–water partition coefficient (Wildman–Crippen LogP) is 1.95. The number of hydrogen-bond acceptors (Lipinski definition) is 4. The summed E-state index contributed by atoms with van der Waals surface area (Å²) in [4.78, 5) is 4.20. The minimum Gasteiger partial charge on any atom is -0.495 e. The van der Waals surface area contributed by atoms with Gasteiger partial charge >= 0.3 is 0 Å². The monoisotopic (exact) mass is 213 g/mol. The average molecular weight is 213 g/mol. The molecule has 0 fully saturated rings. The predicted molar refractivity (Wildman–Crippen MR) is 57.8 cm³/mol. The topological polar surface area (TPSA) is 42.4 Å². The molecule has 3 nitrogen and oxygen atoms in total. The van der Waals surface area contributed by atoms with E-state index in [-0.39, 0.29) is 11.4 Å². The van der Waals surface area contributed by atoms with Crippen molar-refractivity contribution in [3.63, 3.8) is 0 Å². The van der Waals surface area contributed by atoms with E-state index >= 15 is 0 Å². The van der Waals surface area contributed by atoms with E-state index in [0.717, 1.165) is 10.8 Å². The second-order valence-corrected chi connectivity index (χ2v) is 4.50. The van der Waals surface area contributed by atoms with Crippen molar-refractivity contribution in [1.82, 2.24) is 4.98 Å².